The SMILES string of the molecule is Cc1cc(Nc2cc3cc(C(=O)N4CCN(S(C)(=O)=O)CC4)ccc3c(OC(C)C)n2)n[nH]1. The van der Waals surface area contributed by atoms with Crippen LogP contribution in [0.25, 0.3) is 10.8 Å². The van der Waals surface area contributed by atoms with Crippen molar-refractivity contribution in [3.8, 4) is 5.88 Å². The summed E-state index contributed by atoms with van der Waals surface area (Å²) in [4.78, 5) is 19.4. The van der Waals surface area contributed by atoms with E-state index < -0.39 is 10.0 Å². The molecule has 3 aromatic rings. The van der Waals surface area contributed by atoms with E-state index >= 15 is 0 Å². The smallest absolute Gasteiger partial charge is 0.253 e. The maximum Gasteiger partial charge on any atom is 0.253 e. The number of nitrogens with one attached hydrogen (secondary N) is 2. The molecule has 0 radical (unpaired) electrons. The lowest BCUT2D eigenvalue weighted by Gasteiger charge is -2.33. The molecule has 1 aromatic carbocycles. The van der Waals surface area contributed by atoms with Gasteiger partial charge in [-0.15, -0.1) is 0 Å². The Morgan fingerprint density at radius 2 is 1.85 bits per heavy atom. The zero-order valence-corrected chi connectivity index (χ0v) is 19.9. The number of amides is 1. The molecule has 1 fully saturated rings. The molecule has 1 amide bonds. The summed E-state index contributed by atoms with van der Waals surface area (Å²) in [6.07, 6.45) is 1.12. The number of pyridine rings is 1. The molecule has 11 heteroatoms. The molecule has 2 N–H and O–H groups in total. The summed E-state index contributed by atoms with van der Waals surface area (Å²) >= 11 is 0. The number of anilines is 2. The van der Waals surface area contributed by atoms with E-state index in [0.29, 0.717) is 49.3 Å². The molecule has 4 rings (SSSR count). The lowest BCUT2D eigenvalue weighted by Crippen LogP contribution is -2.50. The van der Waals surface area contributed by atoms with Crippen LogP contribution in [-0.4, -0.2) is 77.3 Å². The average molecular weight is 473 g/mol. The standard InChI is InChI=1S/C22H28N6O4S/c1-14(2)32-21-18-6-5-16(22(29)27-7-9-28(10-8-27)33(4,30)31)12-17(18)13-19(24-21)23-20-11-15(3)25-26-20/h5-6,11-14H,7-10H2,1-4H3,(H2,23,24,25,26). The number of benzene rings is 1. The molecule has 33 heavy (non-hydrogen) atoms. The second-order valence-electron chi connectivity index (χ2n) is 8.43. The number of aromatic amines is 1. The van der Waals surface area contributed by atoms with Crippen molar-refractivity contribution in [1.29, 1.82) is 0 Å². The predicted molar refractivity (Wildman–Crippen MR) is 126 cm³/mol. The normalized spacial score (nSPS) is 15.2. The van der Waals surface area contributed by atoms with E-state index in [-0.39, 0.29) is 12.0 Å². The number of nitrogens with zero attached hydrogens (tertiary/aromatic N) is 4. The van der Waals surface area contributed by atoms with Gasteiger partial charge in [-0.1, -0.05) is 0 Å². The van der Waals surface area contributed by atoms with Crippen LogP contribution < -0.4 is 10.1 Å². The second-order valence-corrected chi connectivity index (χ2v) is 10.4. The van der Waals surface area contributed by atoms with Gasteiger partial charge < -0.3 is 15.0 Å². The van der Waals surface area contributed by atoms with Crippen LogP contribution in [0.2, 0.25) is 0 Å². The number of sulfonamides is 1. The third-order valence-electron chi connectivity index (χ3n) is 5.35. The first-order valence-electron chi connectivity index (χ1n) is 10.7. The molecular weight excluding hydrogens is 444 g/mol. The predicted octanol–water partition coefficient (Wildman–Crippen LogP) is 2.51. The zero-order chi connectivity index (χ0) is 23.8. The van der Waals surface area contributed by atoms with Crippen LogP contribution in [0.1, 0.15) is 29.9 Å². The average Bonchev–Trinajstić information content (AvgIpc) is 3.16. The molecule has 0 bridgehead atoms. The van der Waals surface area contributed by atoms with Gasteiger partial charge in [0.05, 0.1) is 12.4 Å². The number of carbonyl (C=O) groups excluding carboxylic acids is 1. The van der Waals surface area contributed by atoms with Crippen molar-refractivity contribution in [2.24, 2.45) is 0 Å². The first kappa shape index (κ1) is 23.0. The molecule has 0 atom stereocenters. The summed E-state index contributed by atoms with van der Waals surface area (Å²) in [5.74, 6) is 1.52. The van der Waals surface area contributed by atoms with Crippen molar-refractivity contribution in [3.63, 3.8) is 0 Å². The minimum atomic E-state index is -3.25. The first-order valence-corrected chi connectivity index (χ1v) is 12.6. The number of hydrogen-bond donors (Lipinski definition) is 2. The Hall–Kier alpha value is -3.18. The monoisotopic (exact) mass is 472 g/mol. The number of aryl methyl sites for hydroxylation is 1. The number of hydrogen-bond acceptors (Lipinski definition) is 7. The number of ether oxygens (including phenoxy) is 1. The summed E-state index contributed by atoms with van der Waals surface area (Å²) < 4.78 is 30.8. The lowest BCUT2D eigenvalue weighted by atomic mass is 10.1. The van der Waals surface area contributed by atoms with E-state index in [1.807, 2.05) is 45.0 Å². The number of aromatic nitrogens is 3. The van der Waals surface area contributed by atoms with Gasteiger partial charge >= 0.3 is 0 Å². The summed E-state index contributed by atoms with van der Waals surface area (Å²) in [5.41, 5.74) is 1.44. The Morgan fingerprint density at radius 1 is 1.12 bits per heavy atom. The van der Waals surface area contributed by atoms with E-state index in [1.165, 1.54) is 10.6 Å². The minimum absolute atomic E-state index is 0.0731. The van der Waals surface area contributed by atoms with E-state index in [2.05, 4.69) is 20.5 Å². The quantitative estimate of drug-likeness (QED) is 0.565. The maximum atomic E-state index is 13.1. The fourth-order valence-corrected chi connectivity index (χ4v) is 4.58. The van der Waals surface area contributed by atoms with Gasteiger partial charge in [0.1, 0.15) is 5.82 Å². The Morgan fingerprint density at radius 3 is 2.45 bits per heavy atom. The largest absolute Gasteiger partial charge is 0.474 e. The summed E-state index contributed by atoms with van der Waals surface area (Å²) in [7, 11) is -3.25. The lowest BCUT2D eigenvalue weighted by molar-refractivity contribution is 0.0698. The van der Waals surface area contributed by atoms with Crippen molar-refractivity contribution in [3.05, 3.63) is 41.6 Å². The van der Waals surface area contributed by atoms with Crippen molar-refractivity contribution >= 4 is 38.3 Å². The fourth-order valence-electron chi connectivity index (χ4n) is 3.75. The highest BCUT2D eigenvalue weighted by molar-refractivity contribution is 7.88. The van der Waals surface area contributed by atoms with E-state index in [0.717, 1.165) is 16.5 Å². The number of piperazine rings is 1. The van der Waals surface area contributed by atoms with Crippen molar-refractivity contribution in [1.82, 2.24) is 24.4 Å². The van der Waals surface area contributed by atoms with E-state index in [1.54, 1.807) is 11.0 Å². The Balaban J connectivity index is 1.63. The van der Waals surface area contributed by atoms with Gasteiger partial charge in [-0.25, -0.2) is 8.42 Å². The van der Waals surface area contributed by atoms with Gasteiger partial charge in [-0.05, 0) is 50.4 Å². The van der Waals surface area contributed by atoms with Gasteiger partial charge in [0.15, 0.2) is 5.82 Å². The van der Waals surface area contributed by atoms with Crippen LogP contribution in [0.4, 0.5) is 11.6 Å². The molecule has 3 heterocycles. The van der Waals surface area contributed by atoms with E-state index in [9.17, 15) is 13.2 Å². The highest BCUT2D eigenvalue weighted by atomic mass is 32.2. The highest BCUT2D eigenvalue weighted by Gasteiger charge is 2.27. The molecule has 1 aliphatic heterocycles. The number of rotatable bonds is 6. The van der Waals surface area contributed by atoms with Crippen LogP contribution in [0.3, 0.4) is 0 Å². The topological polar surface area (TPSA) is 121 Å². The number of fused-ring (bicyclic) bond motifs is 1. The van der Waals surface area contributed by atoms with Gasteiger partial charge in [0.25, 0.3) is 5.91 Å². The van der Waals surface area contributed by atoms with Crippen LogP contribution in [0.15, 0.2) is 30.3 Å². The van der Waals surface area contributed by atoms with Crippen molar-refractivity contribution < 1.29 is 17.9 Å². The second kappa shape index (κ2) is 8.99. The fraction of sp³-hybridized carbons (Fsp3) is 0.409. The molecular formula is C22H28N6O4S. The molecule has 0 saturated carbocycles. The number of carbonyl (C=O) groups is 1. The summed E-state index contributed by atoms with van der Waals surface area (Å²) in [6.45, 7) is 7.07. The van der Waals surface area contributed by atoms with Gasteiger partial charge in [-0.3, -0.25) is 9.89 Å². The summed E-state index contributed by atoms with van der Waals surface area (Å²) in [5, 5.41) is 11.8. The Labute approximate surface area is 193 Å². The van der Waals surface area contributed by atoms with Crippen molar-refractivity contribution in [2.75, 3.05) is 37.8 Å². The highest BCUT2D eigenvalue weighted by Crippen LogP contribution is 2.30. The Kier molecular flexibility index (Phi) is 6.26. The van der Waals surface area contributed by atoms with Crippen molar-refractivity contribution in [2.45, 2.75) is 26.9 Å². The molecule has 1 aliphatic rings. The summed E-state index contributed by atoms with van der Waals surface area (Å²) in [6, 6.07) is 9.13. The first-order chi connectivity index (χ1) is 15.6. The minimum Gasteiger partial charge on any atom is -0.474 e. The zero-order valence-electron chi connectivity index (χ0n) is 19.1. The van der Waals surface area contributed by atoms with Crippen LogP contribution >= 0.6 is 0 Å². The molecule has 176 valence electrons. The molecule has 2 aromatic heterocycles. The van der Waals surface area contributed by atoms with Crippen LogP contribution in [-0.2, 0) is 10.0 Å². The number of H-pyrrole nitrogens is 1. The van der Waals surface area contributed by atoms with Gasteiger partial charge in [0, 0.05) is 48.9 Å². The molecule has 0 aliphatic carbocycles. The maximum absolute atomic E-state index is 13.1. The van der Waals surface area contributed by atoms with Crippen LogP contribution in [0, 0.1) is 6.92 Å². The third-order valence-corrected chi connectivity index (χ3v) is 6.65. The van der Waals surface area contributed by atoms with E-state index in [4.69, 9.17) is 4.74 Å². The van der Waals surface area contributed by atoms with Gasteiger partial charge in [-0.2, -0.15) is 14.4 Å². The molecule has 10 nitrogen and oxygen atoms in total. The molecule has 0 unspecified atom stereocenters. The van der Waals surface area contributed by atoms with Crippen LogP contribution in [0.5, 0.6) is 5.88 Å². The molecule has 0 spiro atoms. The molecule has 1 saturated heterocycles. The Bertz CT molecular complexity index is 1280. The van der Waals surface area contributed by atoms with Gasteiger partial charge in [0.2, 0.25) is 15.9 Å². The third kappa shape index (κ3) is 5.25.